The number of aromatic amines is 2. The molecule has 5 heterocycles. The molecule has 0 aliphatic heterocycles. The molecule has 10 heteroatoms. The Hall–Kier alpha value is -4.83. The summed E-state index contributed by atoms with van der Waals surface area (Å²) in [6.07, 6.45) is 6.91. The van der Waals surface area contributed by atoms with Gasteiger partial charge in [-0.15, -0.1) is 0 Å². The lowest BCUT2D eigenvalue weighted by Crippen LogP contribution is -2.19. The number of H-pyrrole nitrogens is 2. The second-order valence-corrected chi connectivity index (χ2v) is 9.43. The van der Waals surface area contributed by atoms with Gasteiger partial charge in [0.15, 0.2) is 0 Å². The summed E-state index contributed by atoms with van der Waals surface area (Å²) in [5, 5.41) is 9.36. The molecule has 0 aliphatic carbocycles. The molecule has 9 nitrogen and oxygen atoms in total. The lowest BCUT2D eigenvalue weighted by atomic mass is 10.0. The molecule has 1 aromatic carbocycles. The zero-order valence-electron chi connectivity index (χ0n) is 21.7. The molecule has 39 heavy (non-hydrogen) atoms. The summed E-state index contributed by atoms with van der Waals surface area (Å²) < 4.78 is 25.4. The van der Waals surface area contributed by atoms with Crippen LogP contribution in [0.2, 0.25) is 0 Å². The van der Waals surface area contributed by atoms with E-state index in [9.17, 15) is 4.39 Å². The molecular weight excluding hydrogens is 497 g/mol. The summed E-state index contributed by atoms with van der Waals surface area (Å²) in [7, 11) is 5.52. The number of fused-ring (bicyclic) bond motifs is 2. The number of likely N-dealkylation sites (N-methyl/N-ethyl adjacent to an activating group) is 1. The highest BCUT2D eigenvalue weighted by Crippen LogP contribution is 2.35. The van der Waals surface area contributed by atoms with E-state index >= 15 is 0 Å². The van der Waals surface area contributed by atoms with Gasteiger partial charge in [-0.25, -0.2) is 9.37 Å². The first-order valence-corrected chi connectivity index (χ1v) is 12.4. The number of nitrogens with one attached hydrogen (secondary N) is 2. The highest BCUT2D eigenvalue weighted by molar-refractivity contribution is 6.00. The SMILES string of the molecule is COc1cc(F)cc(-c2ccnc3[nH]c(-c4n[nH]c5cnc(-c6cncc(OCCN(C)C)c6)cc45)cc23)c1. The van der Waals surface area contributed by atoms with Crippen LogP contribution in [-0.2, 0) is 0 Å². The van der Waals surface area contributed by atoms with Crippen LogP contribution in [0, 0.1) is 5.82 Å². The minimum absolute atomic E-state index is 0.370. The number of rotatable bonds is 8. The molecule has 0 saturated heterocycles. The van der Waals surface area contributed by atoms with Gasteiger partial charge in [-0.1, -0.05) is 0 Å². The van der Waals surface area contributed by atoms with E-state index in [0.29, 0.717) is 29.3 Å². The Labute approximate surface area is 223 Å². The van der Waals surface area contributed by atoms with Crippen molar-refractivity contribution in [2.75, 3.05) is 34.4 Å². The maximum absolute atomic E-state index is 14.3. The molecule has 6 aromatic rings. The van der Waals surface area contributed by atoms with Gasteiger partial charge in [-0.2, -0.15) is 5.10 Å². The Bertz CT molecular complexity index is 1790. The zero-order chi connectivity index (χ0) is 26.9. The normalized spacial score (nSPS) is 11.5. The van der Waals surface area contributed by atoms with Gasteiger partial charge < -0.3 is 19.4 Å². The molecule has 0 atom stereocenters. The third-order valence-corrected chi connectivity index (χ3v) is 6.47. The standard InChI is InChI=1S/C29H26FN7O2/c1-37(2)6-7-39-21-10-18(14-31-15-21)25-13-24-27(16-33-25)35-36-28(24)26-12-23-22(4-5-32-29(23)34-26)17-8-19(30)11-20(9-17)38-3/h4-5,8-16H,6-7H2,1-3H3,(H,32,34)(H,35,36). The van der Waals surface area contributed by atoms with Crippen molar-refractivity contribution in [1.82, 2.24) is 35.0 Å². The van der Waals surface area contributed by atoms with Crippen LogP contribution in [0.3, 0.4) is 0 Å². The van der Waals surface area contributed by atoms with Crippen LogP contribution in [0.4, 0.5) is 4.39 Å². The maximum atomic E-state index is 14.3. The molecule has 0 fully saturated rings. The third kappa shape index (κ3) is 4.89. The number of aromatic nitrogens is 6. The topological polar surface area (TPSA) is 105 Å². The van der Waals surface area contributed by atoms with E-state index in [1.807, 2.05) is 38.4 Å². The molecule has 0 spiro atoms. The predicted octanol–water partition coefficient (Wildman–Crippen LogP) is 5.32. The summed E-state index contributed by atoms with van der Waals surface area (Å²) in [5.41, 5.74) is 6.08. The molecule has 0 radical (unpaired) electrons. The summed E-state index contributed by atoms with van der Waals surface area (Å²) in [6.45, 7) is 1.37. The van der Waals surface area contributed by atoms with Crippen LogP contribution >= 0.6 is 0 Å². The second-order valence-electron chi connectivity index (χ2n) is 9.43. The first kappa shape index (κ1) is 24.5. The van der Waals surface area contributed by atoms with Gasteiger partial charge in [-0.05, 0) is 61.6 Å². The van der Waals surface area contributed by atoms with Crippen LogP contribution in [0.15, 0.2) is 67.3 Å². The Morgan fingerprint density at radius 2 is 1.79 bits per heavy atom. The van der Waals surface area contributed by atoms with Crippen LogP contribution in [0.25, 0.3) is 55.7 Å². The Balaban J connectivity index is 1.38. The Morgan fingerprint density at radius 1 is 0.923 bits per heavy atom. The zero-order valence-corrected chi connectivity index (χ0v) is 21.7. The van der Waals surface area contributed by atoms with Crippen LogP contribution in [0.1, 0.15) is 0 Å². The van der Waals surface area contributed by atoms with Gasteiger partial charge >= 0.3 is 0 Å². The summed E-state index contributed by atoms with van der Waals surface area (Å²) >= 11 is 0. The van der Waals surface area contributed by atoms with E-state index < -0.39 is 0 Å². The summed E-state index contributed by atoms with van der Waals surface area (Å²) in [4.78, 5) is 18.9. The number of ether oxygens (including phenoxy) is 2. The summed E-state index contributed by atoms with van der Waals surface area (Å²) in [6, 6.07) is 12.4. The molecule has 2 N–H and O–H groups in total. The molecule has 0 amide bonds. The number of methoxy groups -OCH3 is 1. The average Bonchev–Trinajstić information content (AvgIpc) is 3.56. The molecule has 0 saturated carbocycles. The number of hydrogen-bond donors (Lipinski definition) is 2. The first-order valence-electron chi connectivity index (χ1n) is 12.4. The second kappa shape index (κ2) is 10.1. The average molecular weight is 524 g/mol. The van der Waals surface area contributed by atoms with E-state index in [2.05, 4.69) is 35.0 Å². The number of pyridine rings is 3. The monoisotopic (exact) mass is 523 g/mol. The maximum Gasteiger partial charge on any atom is 0.138 e. The summed E-state index contributed by atoms with van der Waals surface area (Å²) in [5.74, 6) is 0.766. The van der Waals surface area contributed by atoms with E-state index in [4.69, 9.17) is 9.47 Å². The minimum Gasteiger partial charge on any atom is -0.497 e. The van der Waals surface area contributed by atoms with E-state index in [-0.39, 0.29) is 5.82 Å². The van der Waals surface area contributed by atoms with Crippen molar-refractivity contribution in [2.45, 2.75) is 0 Å². The largest absolute Gasteiger partial charge is 0.497 e. The highest BCUT2D eigenvalue weighted by atomic mass is 19.1. The molecule has 6 rings (SSSR count). The molecule has 0 unspecified atom stereocenters. The van der Waals surface area contributed by atoms with Gasteiger partial charge in [-0.3, -0.25) is 15.1 Å². The van der Waals surface area contributed by atoms with Gasteiger partial charge in [0.05, 0.1) is 36.4 Å². The van der Waals surface area contributed by atoms with E-state index in [1.165, 1.54) is 19.2 Å². The quantitative estimate of drug-likeness (QED) is 0.278. The fraction of sp³-hybridized carbons (Fsp3) is 0.172. The fourth-order valence-electron chi connectivity index (χ4n) is 4.51. The smallest absolute Gasteiger partial charge is 0.138 e. The molecular formula is C29H26FN7O2. The van der Waals surface area contributed by atoms with Crippen LogP contribution < -0.4 is 9.47 Å². The number of hydrogen-bond acceptors (Lipinski definition) is 7. The Morgan fingerprint density at radius 3 is 2.64 bits per heavy atom. The number of nitrogens with zero attached hydrogens (tertiary/aromatic N) is 5. The van der Waals surface area contributed by atoms with Crippen LogP contribution in [0.5, 0.6) is 11.5 Å². The van der Waals surface area contributed by atoms with Crippen molar-refractivity contribution in [2.24, 2.45) is 0 Å². The van der Waals surface area contributed by atoms with Gasteiger partial charge in [0.1, 0.15) is 35.3 Å². The minimum atomic E-state index is -0.370. The van der Waals surface area contributed by atoms with E-state index in [1.54, 1.807) is 30.9 Å². The first-order chi connectivity index (χ1) is 19.0. The number of benzene rings is 1. The van der Waals surface area contributed by atoms with Crippen molar-refractivity contribution in [3.63, 3.8) is 0 Å². The van der Waals surface area contributed by atoms with Crippen molar-refractivity contribution in [3.05, 3.63) is 73.1 Å². The number of halogens is 1. The van der Waals surface area contributed by atoms with E-state index in [0.717, 1.165) is 51.0 Å². The van der Waals surface area contributed by atoms with Crippen molar-refractivity contribution < 1.29 is 13.9 Å². The lowest BCUT2D eigenvalue weighted by Gasteiger charge is -2.11. The molecule has 5 aromatic heterocycles. The fourth-order valence-corrected chi connectivity index (χ4v) is 4.51. The molecule has 196 valence electrons. The van der Waals surface area contributed by atoms with Gasteiger partial charge in [0, 0.05) is 41.3 Å². The predicted molar refractivity (Wildman–Crippen MR) is 148 cm³/mol. The lowest BCUT2D eigenvalue weighted by molar-refractivity contribution is 0.261. The van der Waals surface area contributed by atoms with Crippen molar-refractivity contribution in [3.8, 4) is 45.3 Å². The van der Waals surface area contributed by atoms with Crippen molar-refractivity contribution >= 4 is 21.9 Å². The molecule has 0 aliphatic rings. The van der Waals surface area contributed by atoms with Gasteiger partial charge in [0.2, 0.25) is 0 Å². The van der Waals surface area contributed by atoms with Crippen LogP contribution in [-0.4, -0.2) is 69.4 Å². The third-order valence-electron chi connectivity index (χ3n) is 6.47. The highest BCUT2D eigenvalue weighted by Gasteiger charge is 2.16. The Kier molecular flexibility index (Phi) is 6.37. The van der Waals surface area contributed by atoms with Gasteiger partial charge in [0.25, 0.3) is 0 Å². The van der Waals surface area contributed by atoms with Crippen molar-refractivity contribution in [1.29, 1.82) is 0 Å². The molecule has 0 bridgehead atoms.